The summed E-state index contributed by atoms with van der Waals surface area (Å²) < 4.78 is 37.9. The lowest BCUT2D eigenvalue weighted by atomic mass is 10.1. The number of carbonyl (C=O) groups is 2. The van der Waals surface area contributed by atoms with Crippen molar-refractivity contribution in [1.82, 2.24) is 0 Å². The van der Waals surface area contributed by atoms with E-state index in [9.17, 15) is 18.0 Å². The van der Waals surface area contributed by atoms with Crippen molar-refractivity contribution in [1.29, 1.82) is 0 Å². The maximum Gasteiger partial charge on any atom is 0.306 e. The molecule has 132 valence electrons. The Kier molecular flexibility index (Phi) is 5.82. The fourth-order valence-electron chi connectivity index (χ4n) is 2.57. The molecular formula is C16H20O7S. The predicted octanol–water partition coefficient (Wildman–Crippen LogP) is 1.25. The summed E-state index contributed by atoms with van der Waals surface area (Å²) in [5, 5.41) is 0. The number of methoxy groups -OCH3 is 2. The normalized spacial score (nSPS) is 18.8. The van der Waals surface area contributed by atoms with Gasteiger partial charge in [0.05, 0.1) is 25.7 Å². The SMILES string of the molecule is COc1ccc(C(=O)COC(=O)C[C@@H]2CCS(=O)(=O)C2)cc1OC. The minimum atomic E-state index is -3.03. The molecule has 0 radical (unpaired) electrons. The Balaban J connectivity index is 1.87. The number of ketones is 1. The van der Waals surface area contributed by atoms with E-state index in [1.807, 2.05) is 0 Å². The summed E-state index contributed by atoms with van der Waals surface area (Å²) in [5.74, 6) is -0.145. The molecule has 0 saturated carbocycles. The number of hydrogen-bond acceptors (Lipinski definition) is 7. The zero-order chi connectivity index (χ0) is 17.7. The summed E-state index contributed by atoms with van der Waals surface area (Å²) in [5.41, 5.74) is 0.337. The molecule has 0 aromatic heterocycles. The lowest BCUT2D eigenvalue weighted by Crippen LogP contribution is -2.17. The second kappa shape index (κ2) is 7.65. The highest BCUT2D eigenvalue weighted by Crippen LogP contribution is 2.27. The first-order valence-electron chi connectivity index (χ1n) is 7.46. The quantitative estimate of drug-likeness (QED) is 0.536. The first-order valence-corrected chi connectivity index (χ1v) is 9.28. The van der Waals surface area contributed by atoms with E-state index in [4.69, 9.17) is 14.2 Å². The van der Waals surface area contributed by atoms with Gasteiger partial charge in [-0.15, -0.1) is 0 Å². The number of carbonyl (C=O) groups excluding carboxylic acids is 2. The van der Waals surface area contributed by atoms with Crippen LogP contribution in [0.3, 0.4) is 0 Å². The standard InChI is InChI=1S/C16H20O7S/c1-21-14-4-3-12(8-15(14)22-2)13(17)9-23-16(18)7-11-5-6-24(19,20)10-11/h3-4,8,11H,5-7,9-10H2,1-2H3/t11-/m0/s1. The molecule has 1 aliphatic heterocycles. The largest absolute Gasteiger partial charge is 0.493 e. The highest BCUT2D eigenvalue weighted by Gasteiger charge is 2.30. The van der Waals surface area contributed by atoms with Gasteiger partial charge in [-0.25, -0.2) is 8.42 Å². The summed E-state index contributed by atoms with van der Waals surface area (Å²) in [6, 6.07) is 4.66. The molecule has 1 aliphatic rings. The van der Waals surface area contributed by atoms with Crippen molar-refractivity contribution in [3.63, 3.8) is 0 Å². The van der Waals surface area contributed by atoms with Gasteiger partial charge in [0.25, 0.3) is 0 Å². The van der Waals surface area contributed by atoms with Gasteiger partial charge in [-0.2, -0.15) is 0 Å². The fourth-order valence-corrected chi connectivity index (χ4v) is 4.43. The van der Waals surface area contributed by atoms with E-state index < -0.39 is 22.4 Å². The lowest BCUT2D eigenvalue weighted by molar-refractivity contribution is -0.143. The summed E-state index contributed by atoms with van der Waals surface area (Å²) in [6.07, 6.45) is 0.472. The van der Waals surface area contributed by atoms with E-state index in [1.54, 1.807) is 12.1 Å². The van der Waals surface area contributed by atoms with E-state index in [2.05, 4.69) is 0 Å². The average molecular weight is 356 g/mol. The van der Waals surface area contributed by atoms with Crippen molar-refractivity contribution in [2.45, 2.75) is 12.8 Å². The van der Waals surface area contributed by atoms with Crippen LogP contribution in [0.15, 0.2) is 18.2 Å². The Labute approximate surface area is 140 Å². The number of Topliss-reactive ketones (excluding diaryl/α,β-unsaturated/α-hetero) is 1. The second-order valence-electron chi connectivity index (χ2n) is 5.63. The van der Waals surface area contributed by atoms with E-state index in [1.165, 1.54) is 20.3 Å². The maximum absolute atomic E-state index is 12.1. The van der Waals surface area contributed by atoms with Crippen LogP contribution in [0.4, 0.5) is 0 Å². The minimum Gasteiger partial charge on any atom is -0.493 e. The van der Waals surface area contributed by atoms with Gasteiger partial charge in [0.2, 0.25) is 0 Å². The Bertz CT molecular complexity index is 724. The molecule has 1 aromatic rings. The first-order chi connectivity index (χ1) is 11.3. The van der Waals surface area contributed by atoms with Gasteiger partial charge in [-0.05, 0) is 30.5 Å². The molecule has 7 nitrogen and oxygen atoms in total. The van der Waals surface area contributed by atoms with E-state index in [0.29, 0.717) is 23.5 Å². The third-order valence-corrected chi connectivity index (χ3v) is 5.69. The monoisotopic (exact) mass is 356 g/mol. The average Bonchev–Trinajstić information content (AvgIpc) is 2.90. The van der Waals surface area contributed by atoms with Crippen molar-refractivity contribution in [3.05, 3.63) is 23.8 Å². The topological polar surface area (TPSA) is 96.0 Å². The number of ether oxygens (including phenoxy) is 3. The Hall–Kier alpha value is -2.09. The Morgan fingerprint density at radius 3 is 2.46 bits per heavy atom. The highest BCUT2D eigenvalue weighted by atomic mass is 32.2. The summed E-state index contributed by atoms with van der Waals surface area (Å²) >= 11 is 0. The fraction of sp³-hybridized carbons (Fsp3) is 0.500. The van der Waals surface area contributed by atoms with Crippen LogP contribution in [0.2, 0.25) is 0 Å². The molecule has 0 unspecified atom stereocenters. The molecule has 0 aliphatic carbocycles. The van der Waals surface area contributed by atoms with Crippen LogP contribution >= 0.6 is 0 Å². The lowest BCUT2D eigenvalue weighted by Gasteiger charge is -2.10. The molecule has 0 spiro atoms. The third-order valence-electron chi connectivity index (χ3n) is 3.85. The van der Waals surface area contributed by atoms with Crippen LogP contribution in [-0.4, -0.2) is 52.5 Å². The smallest absolute Gasteiger partial charge is 0.306 e. The van der Waals surface area contributed by atoms with Gasteiger partial charge >= 0.3 is 5.97 Å². The molecule has 8 heteroatoms. The summed E-state index contributed by atoms with van der Waals surface area (Å²) in [6.45, 7) is -0.395. The van der Waals surface area contributed by atoms with Crippen LogP contribution in [0.1, 0.15) is 23.2 Å². The Morgan fingerprint density at radius 1 is 1.17 bits per heavy atom. The maximum atomic E-state index is 12.1. The number of hydrogen-bond donors (Lipinski definition) is 0. The summed E-state index contributed by atoms with van der Waals surface area (Å²) in [4.78, 5) is 23.8. The van der Waals surface area contributed by atoms with E-state index in [0.717, 1.165) is 0 Å². The van der Waals surface area contributed by atoms with Gasteiger partial charge in [0, 0.05) is 12.0 Å². The molecule has 1 aromatic carbocycles. The van der Waals surface area contributed by atoms with Gasteiger partial charge < -0.3 is 14.2 Å². The van der Waals surface area contributed by atoms with Gasteiger partial charge in [0.1, 0.15) is 0 Å². The Morgan fingerprint density at radius 2 is 1.88 bits per heavy atom. The molecule has 1 fully saturated rings. The van der Waals surface area contributed by atoms with Gasteiger partial charge in [0.15, 0.2) is 33.7 Å². The van der Waals surface area contributed by atoms with Crippen LogP contribution in [0, 0.1) is 5.92 Å². The molecule has 1 heterocycles. The van der Waals surface area contributed by atoms with Crippen LogP contribution in [-0.2, 0) is 19.4 Å². The van der Waals surface area contributed by atoms with Crippen LogP contribution in [0.25, 0.3) is 0 Å². The van der Waals surface area contributed by atoms with Gasteiger partial charge in [-0.3, -0.25) is 9.59 Å². The number of sulfone groups is 1. The molecule has 0 bridgehead atoms. The van der Waals surface area contributed by atoms with Crippen LogP contribution < -0.4 is 9.47 Å². The molecule has 0 N–H and O–H groups in total. The van der Waals surface area contributed by atoms with E-state index >= 15 is 0 Å². The third kappa shape index (κ3) is 4.70. The zero-order valence-corrected chi connectivity index (χ0v) is 14.4. The predicted molar refractivity (Wildman–Crippen MR) is 86.2 cm³/mol. The molecule has 0 amide bonds. The van der Waals surface area contributed by atoms with Gasteiger partial charge in [-0.1, -0.05) is 0 Å². The molecule has 24 heavy (non-hydrogen) atoms. The van der Waals surface area contributed by atoms with Crippen molar-refractivity contribution in [2.75, 3.05) is 32.3 Å². The number of rotatable bonds is 7. The highest BCUT2D eigenvalue weighted by molar-refractivity contribution is 7.91. The first kappa shape index (κ1) is 18.3. The van der Waals surface area contributed by atoms with Crippen molar-refractivity contribution in [3.8, 4) is 11.5 Å². The van der Waals surface area contributed by atoms with Crippen molar-refractivity contribution >= 4 is 21.6 Å². The van der Waals surface area contributed by atoms with E-state index in [-0.39, 0.29) is 29.6 Å². The van der Waals surface area contributed by atoms with Crippen LogP contribution in [0.5, 0.6) is 11.5 Å². The number of benzene rings is 1. The minimum absolute atomic E-state index is 0.00568. The number of esters is 1. The molecule has 1 atom stereocenters. The summed E-state index contributed by atoms with van der Waals surface area (Å²) in [7, 11) is -0.0796. The molecule has 2 rings (SSSR count). The van der Waals surface area contributed by atoms with Crippen molar-refractivity contribution in [2.24, 2.45) is 5.92 Å². The second-order valence-corrected chi connectivity index (χ2v) is 7.86. The molecular weight excluding hydrogens is 336 g/mol. The zero-order valence-electron chi connectivity index (χ0n) is 13.6. The van der Waals surface area contributed by atoms with Crippen molar-refractivity contribution < 1.29 is 32.2 Å². The molecule has 1 saturated heterocycles.